The monoisotopic (exact) mass is 535 g/mol. The number of fused-ring (bicyclic) bond motifs is 2. The van der Waals surface area contributed by atoms with Gasteiger partial charge in [-0.3, -0.25) is 14.4 Å². The number of H-pyrrole nitrogens is 1. The van der Waals surface area contributed by atoms with E-state index in [0.29, 0.717) is 51.4 Å². The van der Waals surface area contributed by atoms with Gasteiger partial charge in [0.1, 0.15) is 24.0 Å². The lowest BCUT2D eigenvalue weighted by atomic mass is 10.1. The number of nitrogens with zero attached hydrogens (tertiary/aromatic N) is 2. The van der Waals surface area contributed by atoms with Gasteiger partial charge >= 0.3 is 0 Å². The van der Waals surface area contributed by atoms with Crippen LogP contribution in [0, 0.1) is 12.8 Å². The number of amides is 2. The Balaban J connectivity index is 1.23. The third kappa shape index (κ3) is 4.52. The van der Waals surface area contributed by atoms with Crippen LogP contribution >= 0.6 is 11.3 Å². The molecule has 1 saturated carbocycles. The van der Waals surface area contributed by atoms with Crippen molar-refractivity contribution >= 4 is 61.2 Å². The first kappa shape index (κ1) is 23.9. The topological polar surface area (TPSA) is 150 Å². The average molecular weight is 536 g/mol. The molecule has 194 valence electrons. The predicted octanol–water partition coefficient (Wildman–Crippen LogP) is 3.78. The van der Waals surface area contributed by atoms with E-state index in [1.54, 1.807) is 30.5 Å². The highest BCUT2D eigenvalue weighted by Crippen LogP contribution is 2.36. The van der Waals surface area contributed by atoms with Crippen LogP contribution in [0.3, 0.4) is 0 Å². The van der Waals surface area contributed by atoms with E-state index in [2.05, 4.69) is 36.2 Å². The van der Waals surface area contributed by atoms with Crippen LogP contribution in [0.4, 0.5) is 32.3 Å². The number of ether oxygens (including phenoxy) is 1. The molecular formula is C25H22FN7O4S. The lowest BCUT2D eigenvalue weighted by Gasteiger charge is -2.22. The average Bonchev–Trinajstić information content (AvgIpc) is 3.50. The summed E-state index contributed by atoms with van der Waals surface area (Å²) in [6.45, 7) is 3.06. The molecule has 0 bridgehead atoms. The summed E-state index contributed by atoms with van der Waals surface area (Å²) in [5, 5.41) is 12.2. The van der Waals surface area contributed by atoms with E-state index >= 15 is 0 Å². The Morgan fingerprint density at radius 1 is 1.21 bits per heavy atom. The number of carbonyl (C=O) groups is 2. The van der Waals surface area contributed by atoms with E-state index in [-0.39, 0.29) is 17.9 Å². The van der Waals surface area contributed by atoms with Gasteiger partial charge in [-0.25, -0.2) is 14.4 Å². The zero-order valence-electron chi connectivity index (χ0n) is 20.1. The molecule has 38 heavy (non-hydrogen) atoms. The van der Waals surface area contributed by atoms with Crippen LogP contribution in [0.1, 0.15) is 22.3 Å². The summed E-state index contributed by atoms with van der Waals surface area (Å²) in [5.74, 6) is -1.11. The van der Waals surface area contributed by atoms with E-state index in [1.165, 1.54) is 17.5 Å². The van der Waals surface area contributed by atoms with Gasteiger partial charge in [0.05, 0.1) is 33.7 Å². The third-order valence-electron chi connectivity index (χ3n) is 6.33. The zero-order valence-corrected chi connectivity index (χ0v) is 20.9. The van der Waals surface area contributed by atoms with Gasteiger partial charge in [-0.1, -0.05) is 11.3 Å². The van der Waals surface area contributed by atoms with Crippen LogP contribution in [0.25, 0.3) is 10.2 Å². The maximum atomic E-state index is 13.2. The molecule has 4 aromatic rings. The van der Waals surface area contributed by atoms with Crippen molar-refractivity contribution in [2.75, 3.05) is 34.4 Å². The molecule has 1 aromatic carbocycles. The quantitative estimate of drug-likeness (QED) is 0.250. The molecule has 1 aliphatic carbocycles. The first-order valence-corrected chi connectivity index (χ1v) is 12.7. The van der Waals surface area contributed by atoms with Gasteiger partial charge in [-0.05, 0) is 37.6 Å². The lowest BCUT2D eigenvalue weighted by molar-refractivity contribution is -0.117. The normalized spacial score (nSPS) is 17.6. The van der Waals surface area contributed by atoms with Crippen molar-refractivity contribution in [2.24, 2.45) is 5.92 Å². The number of thiazole rings is 1. The lowest BCUT2D eigenvalue weighted by Crippen LogP contribution is -2.25. The van der Waals surface area contributed by atoms with E-state index in [4.69, 9.17) is 4.74 Å². The Morgan fingerprint density at radius 3 is 2.87 bits per heavy atom. The first-order chi connectivity index (χ1) is 18.4. The van der Waals surface area contributed by atoms with Crippen LogP contribution < -0.4 is 31.6 Å². The van der Waals surface area contributed by atoms with Gasteiger partial charge in [0.25, 0.3) is 11.5 Å². The number of anilines is 5. The number of benzene rings is 1. The van der Waals surface area contributed by atoms with E-state index < -0.39 is 23.6 Å². The van der Waals surface area contributed by atoms with E-state index in [0.717, 1.165) is 11.3 Å². The summed E-state index contributed by atoms with van der Waals surface area (Å²) in [5.41, 5.74) is 2.91. The van der Waals surface area contributed by atoms with Crippen molar-refractivity contribution in [1.29, 1.82) is 0 Å². The van der Waals surface area contributed by atoms with Crippen molar-refractivity contribution in [3.63, 3.8) is 0 Å². The molecule has 4 heterocycles. The number of rotatable bonds is 6. The molecule has 6 rings (SSSR count). The highest BCUT2D eigenvalue weighted by Gasteiger charge is 2.43. The van der Waals surface area contributed by atoms with Crippen molar-refractivity contribution in [3.8, 4) is 5.88 Å². The van der Waals surface area contributed by atoms with Gasteiger partial charge in [0.15, 0.2) is 5.13 Å². The Hall–Kier alpha value is -4.52. The summed E-state index contributed by atoms with van der Waals surface area (Å²) in [6, 6.07) is 6.64. The molecular weight excluding hydrogens is 513 g/mol. The van der Waals surface area contributed by atoms with Crippen molar-refractivity contribution in [2.45, 2.75) is 19.5 Å². The van der Waals surface area contributed by atoms with E-state index in [9.17, 15) is 18.8 Å². The molecule has 1 aliphatic heterocycles. The number of hydrogen-bond acceptors (Lipinski definition) is 9. The second kappa shape index (κ2) is 9.41. The summed E-state index contributed by atoms with van der Waals surface area (Å²) >= 11 is 1.21. The van der Waals surface area contributed by atoms with Crippen LogP contribution in [0.2, 0.25) is 0 Å². The van der Waals surface area contributed by atoms with Gasteiger partial charge in [-0.15, -0.1) is 0 Å². The van der Waals surface area contributed by atoms with Crippen molar-refractivity contribution in [1.82, 2.24) is 15.0 Å². The van der Waals surface area contributed by atoms with Crippen molar-refractivity contribution in [3.05, 3.63) is 58.1 Å². The zero-order chi connectivity index (χ0) is 26.4. The molecule has 0 saturated heterocycles. The number of nitrogens with one attached hydrogen (secondary N) is 5. The highest BCUT2D eigenvalue weighted by atomic mass is 32.1. The molecule has 1 fully saturated rings. The minimum atomic E-state index is -1.09. The SMILES string of the molecule is Cc1c(Nc2cc[nH]c(=O)c2C(=O)Nc2ccc3nc(NC(=O)[C@@H]4C[C@@H]4F)sc3c2)cnc2c1NCCO2. The Labute approximate surface area is 218 Å². The van der Waals surface area contributed by atoms with Gasteiger partial charge in [0, 0.05) is 24.0 Å². The van der Waals surface area contributed by atoms with E-state index in [1.807, 2.05) is 6.92 Å². The molecule has 13 heteroatoms. The number of pyridine rings is 2. The molecule has 2 aliphatic rings. The summed E-state index contributed by atoms with van der Waals surface area (Å²) in [7, 11) is 0. The van der Waals surface area contributed by atoms with Crippen LogP contribution in [0.15, 0.2) is 41.5 Å². The molecule has 2 amide bonds. The maximum Gasteiger partial charge on any atom is 0.263 e. The maximum absolute atomic E-state index is 13.2. The fourth-order valence-electron chi connectivity index (χ4n) is 4.18. The highest BCUT2D eigenvalue weighted by molar-refractivity contribution is 7.22. The molecule has 0 unspecified atom stereocenters. The van der Waals surface area contributed by atoms with Gasteiger partial charge in [-0.2, -0.15) is 0 Å². The minimum Gasteiger partial charge on any atom is -0.474 e. The second-order valence-corrected chi connectivity index (χ2v) is 10.0. The van der Waals surface area contributed by atoms with Crippen LogP contribution in [-0.2, 0) is 4.79 Å². The standard InChI is InChI=1S/C25H22FN7O4S/c1-11-17(10-29-24-20(11)27-6-7-37-24)31-16-4-5-28-22(35)19(16)23(36)30-12-2-3-15-18(8-12)38-25(32-15)33-21(34)13-9-14(13)26/h2-5,8,10,13-14,27H,6-7,9H2,1H3,(H,30,36)(H2,28,31,35)(H,32,33,34)/t13-,14+/m1/s1. The number of hydrogen-bond donors (Lipinski definition) is 5. The molecule has 3 aromatic heterocycles. The number of alkyl halides is 1. The number of aromatic nitrogens is 3. The smallest absolute Gasteiger partial charge is 0.263 e. The molecule has 5 N–H and O–H groups in total. The molecule has 11 nitrogen and oxygen atoms in total. The molecule has 0 spiro atoms. The predicted molar refractivity (Wildman–Crippen MR) is 143 cm³/mol. The molecule has 0 radical (unpaired) electrons. The fourth-order valence-corrected chi connectivity index (χ4v) is 5.09. The summed E-state index contributed by atoms with van der Waals surface area (Å²) < 4.78 is 19.4. The third-order valence-corrected chi connectivity index (χ3v) is 7.26. The Morgan fingerprint density at radius 2 is 2.05 bits per heavy atom. The number of halogens is 1. The van der Waals surface area contributed by atoms with Crippen LogP contribution in [0.5, 0.6) is 5.88 Å². The summed E-state index contributed by atoms with van der Waals surface area (Å²) in [6.07, 6.45) is 2.19. The van der Waals surface area contributed by atoms with Crippen molar-refractivity contribution < 1.29 is 18.7 Å². The van der Waals surface area contributed by atoms with Crippen LogP contribution in [-0.4, -0.2) is 46.1 Å². The fraction of sp³-hybridized carbons (Fsp3) is 0.240. The second-order valence-electron chi connectivity index (χ2n) is 8.98. The Bertz CT molecular complexity index is 1650. The largest absolute Gasteiger partial charge is 0.474 e. The Kier molecular flexibility index (Phi) is 5.91. The number of aromatic amines is 1. The van der Waals surface area contributed by atoms with Gasteiger partial charge in [0.2, 0.25) is 11.8 Å². The minimum absolute atomic E-state index is 0.101. The number of carbonyl (C=O) groups excluding carboxylic acids is 2. The summed E-state index contributed by atoms with van der Waals surface area (Å²) in [4.78, 5) is 49.2. The van der Waals surface area contributed by atoms with Gasteiger partial charge < -0.3 is 31.0 Å². The first-order valence-electron chi connectivity index (χ1n) is 11.9. The molecule has 2 atom stereocenters.